The lowest BCUT2D eigenvalue weighted by Crippen LogP contribution is -2.36. The number of benzene rings is 2. The molecule has 0 aliphatic carbocycles. The predicted molar refractivity (Wildman–Crippen MR) is 95.3 cm³/mol. The standard InChI is InChI=1S/C19H24O4S/c1-3-24(21,22)19(20)18(17-12-8-5-9-13-17)15(2)23-14-16-10-6-4-7-11-16/h4-13,15,18-20H,3,14H2,1-2H3/t15-,18-,19-/m0/s1. The summed E-state index contributed by atoms with van der Waals surface area (Å²) in [4.78, 5) is 0. The van der Waals surface area contributed by atoms with Crippen molar-refractivity contribution in [3.05, 3.63) is 71.8 Å². The van der Waals surface area contributed by atoms with Crippen LogP contribution in [0.3, 0.4) is 0 Å². The van der Waals surface area contributed by atoms with E-state index in [0.717, 1.165) is 11.1 Å². The van der Waals surface area contributed by atoms with Crippen LogP contribution in [0.25, 0.3) is 0 Å². The van der Waals surface area contributed by atoms with Gasteiger partial charge in [-0.2, -0.15) is 0 Å². The maximum Gasteiger partial charge on any atom is 0.177 e. The van der Waals surface area contributed by atoms with Crippen LogP contribution < -0.4 is 0 Å². The van der Waals surface area contributed by atoms with Crippen molar-refractivity contribution in [1.82, 2.24) is 0 Å². The zero-order valence-electron chi connectivity index (χ0n) is 14.0. The van der Waals surface area contributed by atoms with Crippen LogP contribution in [0.1, 0.15) is 30.9 Å². The predicted octanol–water partition coefficient (Wildman–Crippen LogP) is 3.13. The second kappa shape index (κ2) is 8.42. The van der Waals surface area contributed by atoms with Gasteiger partial charge in [0.15, 0.2) is 15.3 Å². The van der Waals surface area contributed by atoms with Gasteiger partial charge in [0.1, 0.15) is 0 Å². The van der Waals surface area contributed by atoms with E-state index < -0.39 is 27.3 Å². The molecular formula is C19H24O4S. The number of ether oxygens (including phenoxy) is 1. The van der Waals surface area contributed by atoms with E-state index >= 15 is 0 Å². The van der Waals surface area contributed by atoms with Gasteiger partial charge in [0, 0.05) is 5.75 Å². The molecule has 0 radical (unpaired) electrons. The topological polar surface area (TPSA) is 63.6 Å². The summed E-state index contributed by atoms with van der Waals surface area (Å²) in [5, 5.41) is 10.5. The SMILES string of the molecule is CCS(=O)(=O)[C@H](O)[C@H](c1ccccc1)[C@H](C)OCc1ccccc1. The largest absolute Gasteiger partial charge is 0.376 e. The first-order valence-electron chi connectivity index (χ1n) is 8.06. The van der Waals surface area contributed by atoms with E-state index in [2.05, 4.69) is 0 Å². The Morgan fingerprint density at radius 1 is 1.00 bits per heavy atom. The Morgan fingerprint density at radius 3 is 2.08 bits per heavy atom. The molecule has 0 aromatic heterocycles. The van der Waals surface area contributed by atoms with Gasteiger partial charge in [0.2, 0.25) is 0 Å². The smallest absolute Gasteiger partial charge is 0.177 e. The molecule has 24 heavy (non-hydrogen) atoms. The molecule has 0 aliphatic heterocycles. The van der Waals surface area contributed by atoms with Gasteiger partial charge in [0.05, 0.1) is 18.6 Å². The lowest BCUT2D eigenvalue weighted by Gasteiger charge is -2.28. The highest BCUT2D eigenvalue weighted by Gasteiger charge is 2.35. The number of sulfone groups is 1. The van der Waals surface area contributed by atoms with E-state index in [0.29, 0.717) is 6.61 Å². The lowest BCUT2D eigenvalue weighted by molar-refractivity contribution is 0.0124. The molecule has 5 heteroatoms. The zero-order chi connectivity index (χ0) is 17.6. The molecule has 0 heterocycles. The molecule has 2 rings (SSSR count). The molecule has 4 nitrogen and oxygen atoms in total. The molecular weight excluding hydrogens is 324 g/mol. The molecule has 0 spiro atoms. The van der Waals surface area contributed by atoms with Gasteiger partial charge in [-0.25, -0.2) is 8.42 Å². The molecule has 0 saturated carbocycles. The summed E-state index contributed by atoms with van der Waals surface area (Å²) in [5.41, 5.74) is 0.266. The molecule has 0 bridgehead atoms. The average Bonchev–Trinajstić information content (AvgIpc) is 2.62. The van der Waals surface area contributed by atoms with Crippen molar-refractivity contribution in [2.45, 2.75) is 37.9 Å². The summed E-state index contributed by atoms with van der Waals surface area (Å²) in [5.74, 6) is -0.747. The highest BCUT2D eigenvalue weighted by molar-refractivity contribution is 7.91. The van der Waals surface area contributed by atoms with E-state index in [4.69, 9.17) is 4.74 Å². The van der Waals surface area contributed by atoms with E-state index in [1.165, 1.54) is 6.92 Å². The van der Waals surface area contributed by atoms with Gasteiger partial charge in [-0.1, -0.05) is 67.6 Å². The van der Waals surface area contributed by atoms with Gasteiger partial charge in [-0.3, -0.25) is 0 Å². The maximum atomic E-state index is 12.2. The third kappa shape index (κ3) is 4.66. The molecule has 3 atom stereocenters. The molecule has 0 aliphatic rings. The third-order valence-corrected chi connectivity index (χ3v) is 5.96. The summed E-state index contributed by atoms with van der Waals surface area (Å²) in [7, 11) is -3.60. The van der Waals surface area contributed by atoms with Gasteiger partial charge < -0.3 is 9.84 Å². The van der Waals surface area contributed by atoms with Crippen LogP contribution in [0.15, 0.2) is 60.7 Å². The van der Waals surface area contributed by atoms with Gasteiger partial charge in [0.25, 0.3) is 0 Å². The van der Waals surface area contributed by atoms with E-state index in [1.54, 1.807) is 6.92 Å². The van der Waals surface area contributed by atoms with Crippen molar-refractivity contribution < 1.29 is 18.3 Å². The van der Waals surface area contributed by atoms with E-state index in [9.17, 15) is 13.5 Å². The molecule has 1 N–H and O–H groups in total. The van der Waals surface area contributed by atoms with Crippen LogP contribution in [-0.4, -0.2) is 30.8 Å². The highest BCUT2D eigenvalue weighted by atomic mass is 32.2. The monoisotopic (exact) mass is 348 g/mol. The van der Waals surface area contributed by atoms with Crippen LogP contribution in [0.5, 0.6) is 0 Å². The number of aliphatic hydroxyl groups is 1. The zero-order valence-corrected chi connectivity index (χ0v) is 14.8. The lowest BCUT2D eigenvalue weighted by atomic mass is 9.94. The minimum Gasteiger partial charge on any atom is -0.376 e. The molecule has 0 unspecified atom stereocenters. The number of rotatable bonds is 8. The Hall–Kier alpha value is -1.69. The van der Waals surface area contributed by atoms with Crippen molar-refractivity contribution in [2.75, 3.05) is 5.75 Å². The first-order chi connectivity index (χ1) is 11.5. The minimum absolute atomic E-state index is 0.108. The summed E-state index contributed by atoms with van der Waals surface area (Å²) in [6.45, 7) is 3.70. The molecule has 130 valence electrons. The Bertz CT molecular complexity index is 714. The first kappa shape index (κ1) is 18.6. The van der Waals surface area contributed by atoms with Gasteiger partial charge in [-0.15, -0.1) is 0 Å². The Morgan fingerprint density at radius 2 is 1.54 bits per heavy atom. The fourth-order valence-corrected chi connectivity index (χ4v) is 3.81. The fraction of sp³-hybridized carbons (Fsp3) is 0.368. The summed E-state index contributed by atoms with van der Waals surface area (Å²) >= 11 is 0. The van der Waals surface area contributed by atoms with E-state index in [-0.39, 0.29) is 5.75 Å². The minimum atomic E-state index is -3.60. The van der Waals surface area contributed by atoms with Crippen LogP contribution in [0.4, 0.5) is 0 Å². The van der Waals surface area contributed by atoms with Crippen LogP contribution in [0, 0.1) is 0 Å². The van der Waals surface area contributed by atoms with Crippen molar-refractivity contribution >= 4 is 9.84 Å². The number of hydrogen-bond donors (Lipinski definition) is 1. The second-order valence-corrected chi connectivity index (χ2v) is 8.17. The van der Waals surface area contributed by atoms with Crippen molar-refractivity contribution in [1.29, 1.82) is 0 Å². The summed E-state index contributed by atoms with van der Waals surface area (Å²) in [6.07, 6.45) is -0.455. The van der Waals surface area contributed by atoms with E-state index in [1.807, 2.05) is 60.7 Å². The van der Waals surface area contributed by atoms with Gasteiger partial charge >= 0.3 is 0 Å². The first-order valence-corrected chi connectivity index (χ1v) is 9.77. The van der Waals surface area contributed by atoms with Gasteiger partial charge in [-0.05, 0) is 18.1 Å². The fourth-order valence-electron chi connectivity index (χ4n) is 2.64. The molecule has 0 fully saturated rings. The second-order valence-electron chi connectivity index (χ2n) is 5.78. The van der Waals surface area contributed by atoms with Crippen molar-refractivity contribution in [2.24, 2.45) is 0 Å². The summed E-state index contributed by atoms with van der Waals surface area (Å²) in [6, 6.07) is 18.8. The molecule has 0 saturated heterocycles. The maximum absolute atomic E-state index is 12.2. The Kier molecular flexibility index (Phi) is 6.54. The number of hydrogen-bond acceptors (Lipinski definition) is 4. The molecule has 2 aromatic rings. The highest BCUT2D eigenvalue weighted by Crippen LogP contribution is 2.29. The third-order valence-electron chi connectivity index (χ3n) is 4.12. The van der Waals surface area contributed by atoms with Crippen LogP contribution >= 0.6 is 0 Å². The van der Waals surface area contributed by atoms with Crippen LogP contribution in [0.2, 0.25) is 0 Å². The Balaban J connectivity index is 2.22. The normalized spacial score (nSPS) is 15.6. The average molecular weight is 348 g/mol. The molecule has 2 aromatic carbocycles. The number of aliphatic hydroxyl groups excluding tert-OH is 1. The van der Waals surface area contributed by atoms with Crippen LogP contribution in [-0.2, 0) is 21.2 Å². The van der Waals surface area contributed by atoms with Crippen molar-refractivity contribution in [3.63, 3.8) is 0 Å². The summed E-state index contributed by atoms with van der Waals surface area (Å²) < 4.78 is 30.3. The molecule has 0 amide bonds. The quantitative estimate of drug-likeness (QED) is 0.796. The Labute approximate surface area is 144 Å². The van der Waals surface area contributed by atoms with Crippen molar-refractivity contribution in [3.8, 4) is 0 Å².